The van der Waals surface area contributed by atoms with Crippen molar-refractivity contribution in [2.45, 2.75) is 37.6 Å². The van der Waals surface area contributed by atoms with Crippen molar-refractivity contribution in [2.75, 3.05) is 32.6 Å². The number of piperidine rings is 1. The summed E-state index contributed by atoms with van der Waals surface area (Å²) in [5.74, 6) is 0.0769. The molecule has 6 heteroatoms. The number of carbonyl (C=O) groups is 2. The van der Waals surface area contributed by atoms with Crippen LogP contribution < -0.4 is 5.32 Å². The maximum atomic E-state index is 13.2. The van der Waals surface area contributed by atoms with E-state index in [1.165, 1.54) is 13.4 Å². The molecule has 1 N–H and O–H groups in total. The first-order valence-electron chi connectivity index (χ1n) is 10.0. The molecule has 4 rings (SSSR count). The molecule has 28 heavy (non-hydrogen) atoms. The highest BCUT2D eigenvalue weighted by Crippen LogP contribution is 2.53. The molecule has 3 aliphatic heterocycles. The van der Waals surface area contributed by atoms with Crippen molar-refractivity contribution in [1.82, 2.24) is 4.90 Å². The van der Waals surface area contributed by atoms with Crippen molar-refractivity contribution in [1.29, 1.82) is 0 Å². The SMILES string of the molecule is CCC1CN2CCC3(C(=O)Nc4ccccc43)C2CC1/C(=C/OC)C(=O)OC. The average molecular weight is 384 g/mol. The van der Waals surface area contributed by atoms with Gasteiger partial charge in [0.25, 0.3) is 0 Å². The normalized spacial score (nSPS) is 32.0. The quantitative estimate of drug-likeness (QED) is 0.491. The van der Waals surface area contributed by atoms with Crippen LogP contribution in [-0.2, 0) is 24.5 Å². The van der Waals surface area contributed by atoms with Gasteiger partial charge in [-0.25, -0.2) is 4.79 Å². The Morgan fingerprint density at radius 2 is 2.14 bits per heavy atom. The first kappa shape index (κ1) is 19.0. The summed E-state index contributed by atoms with van der Waals surface area (Å²) in [4.78, 5) is 28.1. The fraction of sp³-hybridized carbons (Fsp3) is 0.545. The molecule has 150 valence electrons. The Bertz CT molecular complexity index is 821. The standard InChI is InChI=1S/C22H28N2O4/c1-4-14-12-24-10-9-22(17-7-5-6-8-18(17)23-21(22)26)19(24)11-15(14)16(13-27-2)20(25)28-3/h5-8,13-15,19H,4,9-12H2,1-3H3,(H,23,26)/b16-13-. The van der Waals surface area contributed by atoms with Gasteiger partial charge in [-0.1, -0.05) is 31.5 Å². The van der Waals surface area contributed by atoms with Gasteiger partial charge in [-0.15, -0.1) is 0 Å². The first-order chi connectivity index (χ1) is 13.6. The van der Waals surface area contributed by atoms with E-state index in [1.54, 1.807) is 7.11 Å². The fourth-order valence-corrected chi connectivity index (χ4v) is 5.63. The zero-order valence-electron chi connectivity index (χ0n) is 16.7. The van der Waals surface area contributed by atoms with Crippen LogP contribution in [-0.4, -0.2) is 50.1 Å². The number of nitrogens with one attached hydrogen (secondary N) is 1. The van der Waals surface area contributed by atoms with E-state index in [1.807, 2.05) is 18.2 Å². The van der Waals surface area contributed by atoms with Gasteiger partial charge in [-0.05, 0) is 42.9 Å². The summed E-state index contributed by atoms with van der Waals surface area (Å²) in [5, 5.41) is 3.10. The number of para-hydroxylation sites is 1. The summed E-state index contributed by atoms with van der Waals surface area (Å²) >= 11 is 0. The van der Waals surface area contributed by atoms with Gasteiger partial charge in [0.05, 0.1) is 31.5 Å². The van der Waals surface area contributed by atoms with Crippen molar-refractivity contribution < 1.29 is 19.1 Å². The number of anilines is 1. The number of ether oxygens (including phenoxy) is 2. The topological polar surface area (TPSA) is 67.9 Å². The van der Waals surface area contributed by atoms with E-state index < -0.39 is 5.41 Å². The van der Waals surface area contributed by atoms with E-state index in [0.717, 1.165) is 43.6 Å². The maximum Gasteiger partial charge on any atom is 0.337 e. The van der Waals surface area contributed by atoms with Crippen LogP contribution in [0.25, 0.3) is 0 Å². The summed E-state index contributed by atoms with van der Waals surface area (Å²) in [7, 11) is 2.95. The summed E-state index contributed by atoms with van der Waals surface area (Å²) < 4.78 is 10.3. The molecule has 1 spiro atoms. The zero-order valence-corrected chi connectivity index (χ0v) is 16.7. The van der Waals surface area contributed by atoms with Crippen LogP contribution in [0.3, 0.4) is 0 Å². The second-order valence-electron chi connectivity index (χ2n) is 8.04. The lowest BCUT2D eigenvalue weighted by atomic mass is 9.67. The van der Waals surface area contributed by atoms with Gasteiger partial charge in [0.2, 0.25) is 5.91 Å². The Labute approximate surface area is 165 Å². The number of fused-ring (bicyclic) bond motifs is 4. The minimum atomic E-state index is -0.540. The maximum absolute atomic E-state index is 13.2. The predicted molar refractivity (Wildman–Crippen MR) is 106 cm³/mol. The molecule has 0 bridgehead atoms. The Hall–Kier alpha value is -2.34. The smallest absolute Gasteiger partial charge is 0.337 e. The lowest BCUT2D eigenvalue weighted by Gasteiger charge is -2.45. The van der Waals surface area contributed by atoms with E-state index in [2.05, 4.69) is 23.2 Å². The summed E-state index contributed by atoms with van der Waals surface area (Å²) in [6, 6.07) is 8.07. The van der Waals surface area contributed by atoms with Crippen molar-refractivity contribution in [3.05, 3.63) is 41.7 Å². The highest BCUT2D eigenvalue weighted by Gasteiger charge is 2.60. The number of nitrogens with zero attached hydrogens (tertiary/aromatic N) is 1. The fourth-order valence-electron chi connectivity index (χ4n) is 5.63. The number of amides is 1. The molecule has 2 saturated heterocycles. The summed E-state index contributed by atoms with van der Waals surface area (Å²) in [6.07, 6.45) is 4.04. The lowest BCUT2D eigenvalue weighted by molar-refractivity contribution is -0.137. The average Bonchev–Trinajstić information content (AvgIpc) is 3.23. The second kappa shape index (κ2) is 7.24. The molecule has 0 aromatic heterocycles. The minimum absolute atomic E-state index is 0.00851. The second-order valence-corrected chi connectivity index (χ2v) is 8.04. The molecule has 1 aromatic rings. The number of benzene rings is 1. The third-order valence-electron chi connectivity index (χ3n) is 6.97. The molecule has 3 heterocycles. The molecule has 0 aliphatic carbocycles. The van der Waals surface area contributed by atoms with Crippen LogP contribution in [0.4, 0.5) is 5.69 Å². The molecular weight excluding hydrogens is 356 g/mol. The van der Waals surface area contributed by atoms with Gasteiger partial charge in [-0.2, -0.15) is 0 Å². The molecule has 4 unspecified atom stereocenters. The summed E-state index contributed by atoms with van der Waals surface area (Å²) in [6.45, 7) is 3.93. The molecule has 3 aliphatic rings. The number of rotatable bonds is 4. The van der Waals surface area contributed by atoms with Gasteiger partial charge in [0.1, 0.15) is 0 Å². The van der Waals surface area contributed by atoms with Crippen molar-refractivity contribution >= 4 is 17.6 Å². The number of hydrogen-bond acceptors (Lipinski definition) is 5. The van der Waals surface area contributed by atoms with E-state index in [0.29, 0.717) is 11.5 Å². The number of methoxy groups -OCH3 is 2. The Morgan fingerprint density at radius 1 is 1.36 bits per heavy atom. The number of hydrogen-bond donors (Lipinski definition) is 1. The number of esters is 1. The van der Waals surface area contributed by atoms with Crippen LogP contribution in [0.5, 0.6) is 0 Å². The number of carbonyl (C=O) groups excluding carboxylic acids is 2. The van der Waals surface area contributed by atoms with E-state index in [9.17, 15) is 9.59 Å². The van der Waals surface area contributed by atoms with Gasteiger partial charge < -0.3 is 14.8 Å². The Morgan fingerprint density at radius 3 is 2.86 bits per heavy atom. The van der Waals surface area contributed by atoms with Crippen LogP contribution in [0.1, 0.15) is 31.7 Å². The molecule has 4 atom stereocenters. The Balaban J connectivity index is 1.74. The molecule has 2 fully saturated rings. The Kier molecular flexibility index (Phi) is 4.91. The lowest BCUT2D eigenvalue weighted by Crippen LogP contribution is -2.53. The predicted octanol–water partition coefficient (Wildman–Crippen LogP) is 2.70. The van der Waals surface area contributed by atoms with Gasteiger partial charge >= 0.3 is 5.97 Å². The van der Waals surface area contributed by atoms with Crippen LogP contribution in [0.15, 0.2) is 36.1 Å². The molecule has 1 aromatic carbocycles. The molecule has 6 nitrogen and oxygen atoms in total. The van der Waals surface area contributed by atoms with Crippen LogP contribution in [0.2, 0.25) is 0 Å². The third kappa shape index (κ3) is 2.65. The van der Waals surface area contributed by atoms with Gasteiger partial charge in [0.15, 0.2) is 0 Å². The first-order valence-corrected chi connectivity index (χ1v) is 10.0. The molecule has 1 amide bonds. The zero-order chi connectivity index (χ0) is 19.9. The van der Waals surface area contributed by atoms with Crippen molar-refractivity contribution in [3.8, 4) is 0 Å². The monoisotopic (exact) mass is 384 g/mol. The summed E-state index contributed by atoms with van der Waals surface area (Å²) in [5.41, 5.74) is 2.05. The van der Waals surface area contributed by atoms with Crippen LogP contribution >= 0.6 is 0 Å². The van der Waals surface area contributed by atoms with Gasteiger partial charge in [0, 0.05) is 18.3 Å². The van der Waals surface area contributed by atoms with E-state index in [-0.39, 0.29) is 23.8 Å². The molecular formula is C22H28N2O4. The van der Waals surface area contributed by atoms with E-state index in [4.69, 9.17) is 9.47 Å². The largest absolute Gasteiger partial charge is 0.504 e. The molecule has 0 radical (unpaired) electrons. The van der Waals surface area contributed by atoms with E-state index >= 15 is 0 Å². The minimum Gasteiger partial charge on any atom is -0.504 e. The van der Waals surface area contributed by atoms with Crippen molar-refractivity contribution in [3.63, 3.8) is 0 Å². The third-order valence-corrected chi connectivity index (χ3v) is 6.97. The van der Waals surface area contributed by atoms with Gasteiger partial charge in [-0.3, -0.25) is 9.69 Å². The molecule has 0 saturated carbocycles. The highest BCUT2D eigenvalue weighted by molar-refractivity contribution is 6.07. The van der Waals surface area contributed by atoms with Crippen LogP contribution in [0, 0.1) is 11.8 Å². The van der Waals surface area contributed by atoms with Crippen molar-refractivity contribution in [2.24, 2.45) is 11.8 Å². The highest BCUT2D eigenvalue weighted by atomic mass is 16.5.